The molecule has 6 nitrogen and oxygen atoms in total. The molecular formula is C19H17N3O3S. The van der Waals surface area contributed by atoms with Crippen molar-refractivity contribution >= 4 is 44.2 Å². The number of hydrogen-bond acceptors (Lipinski definition) is 3. The van der Waals surface area contributed by atoms with Crippen LogP contribution in [-0.2, 0) is 14.8 Å². The largest absolute Gasteiger partial charge is 0.355 e. The molecule has 3 N–H and O–H groups in total. The van der Waals surface area contributed by atoms with Crippen LogP contribution in [0.25, 0.3) is 22.6 Å². The number of carbonyl (C=O) groups is 1. The Morgan fingerprint density at radius 1 is 1.12 bits per heavy atom. The van der Waals surface area contributed by atoms with Crippen molar-refractivity contribution in [2.75, 3.05) is 12.4 Å². The second-order valence-corrected chi connectivity index (χ2v) is 8.02. The van der Waals surface area contributed by atoms with E-state index in [1.165, 1.54) is 19.2 Å². The fraction of sp³-hybridized carbons (Fsp3) is 0.105. The van der Waals surface area contributed by atoms with E-state index < -0.39 is 10.0 Å². The van der Waals surface area contributed by atoms with Gasteiger partial charge in [0.1, 0.15) is 0 Å². The number of aryl methyl sites for hydroxylation is 1. The molecule has 0 aliphatic carbocycles. The summed E-state index contributed by atoms with van der Waals surface area (Å²) in [5.41, 5.74) is 4.46. The molecule has 0 radical (unpaired) electrons. The summed E-state index contributed by atoms with van der Waals surface area (Å²) >= 11 is 0. The molecule has 2 aromatic carbocycles. The lowest BCUT2D eigenvalue weighted by Gasteiger charge is -2.05. The Kier molecular flexibility index (Phi) is 3.71. The highest BCUT2D eigenvalue weighted by molar-refractivity contribution is 7.89. The molecule has 3 aromatic rings. The van der Waals surface area contributed by atoms with Gasteiger partial charge in [0.05, 0.1) is 10.5 Å². The van der Waals surface area contributed by atoms with Crippen molar-refractivity contribution in [2.24, 2.45) is 0 Å². The van der Waals surface area contributed by atoms with Crippen LogP contribution in [0.2, 0.25) is 0 Å². The molecular weight excluding hydrogens is 350 g/mol. The fourth-order valence-electron chi connectivity index (χ4n) is 3.19. The highest BCUT2D eigenvalue weighted by Crippen LogP contribution is 2.35. The summed E-state index contributed by atoms with van der Waals surface area (Å²) in [6.45, 7) is 1.99. The second-order valence-electron chi connectivity index (χ2n) is 6.14. The van der Waals surface area contributed by atoms with Crippen LogP contribution in [0.4, 0.5) is 5.69 Å². The molecule has 1 aliphatic rings. The molecule has 0 saturated heterocycles. The molecule has 2 heterocycles. The van der Waals surface area contributed by atoms with Crippen LogP contribution in [0.1, 0.15) is 16.8 Å². The number of carbonyl (C=O) groups excluding carboxylic acids is 1. The SMILES string of the molecule is CNS(=O)(=O)c1ccc2c(c1)/C(=C/c1[nH]c3ccccc3c1C)C(=O)N2. The molecule has 0 spiro atoms. The van der Waals surface area contributed by atoms with Gasteiger partial charge in [-0.2, -0.15) is 0 Å². The summed E-state index contributed by atoms with van der Waals surface area (Å²) in [5, 5.41) is 3.87. The first-order valence-electron chi connectivity index (χ1n) is 8.09. The molecule has 0 saturated carbocycles. The molecule has 4 rings (SSSR count). The van der Waals surface area contributed by atoms with Crippen molar-refractivity contribution in [1.82, 2.24) is 9.71 Å². The van der Waals surface area contributed by atoms with E-state index in [9.17, 15) is 13.2 Å². The van der Waals surface area contributed by atoms with Crippen LogP contribution in [0.5, 0.6) is 0 Å². The number of nitrogens with one attached hydrogen (secondary N) is 3. The van der Waals surface area contributed by atoms with E-state index in [0.29, 0.717) is 16.8 Å². The summed E-state index contributed by atoms with van der Waals surface area (Å²) in [6.07, 6.45) is 1.77. The minimum atomic E-state index is -3.59. The van der Waals surface area contributed by atoms with Gasteiger partial charge in [-0.25, -0.2) is 13.1 Å². The van der Waals surface area contributed by atoms with Gasteiger partial charge in [0, 0.05) is 27.8 Å². The summed E-state index contributed by atoms with van der Waals surface area (Å²) in [5.74, 6) is -0.253. The number of benzene rings is 2. The van der Waals surface area contributed by atoms with Gasteiger partial charge in [-0.1, -0.05) is 18.2 Å². The average Bonchev–Trinajstić information content (AvgIpc) is 3.12. The Morgan fingerprint density at radius 2 is 1.88 bits per heavy atom. The van der Waals surface area contributed by atoms with Crippen molar-refractivity contribution in [1.29, 1.82) is 0 Å². The molecule has 0 fully saturated rings. The normalized spacial score (nSPS) is 15.5. The predicted molar refractivity (Wildman–Crippen MR) is 102 cm³/mol. The number of sulfonamides is 1. The van der Waals surface area contributed by atoms with Gasteiger partial charge >= 0.3 is 0 Å². The Balaban J connectivity index is 1.88. The van der Waals surface area contributed by atoms with E-state index in [0.717, 1.165) is 22.2 Å². The maximum absolute atomic E-state index is 12.4. The van der Waals surface area contributed by atoms with E-state index in [-0.39, 0.29) is 10.8 Å². The number of hydrogen-bond donors (Lipinski definition) is 3. The number of amides is 1. The summed E-state index contributed by atoms with van der Waals surface area (Å²) < 4.78 is 26.4. The van der Waals surface area contributed by atoms with Crippen molar-refractivity contribution < 1.29 is 13.2 Å². The lowest BCUT2D eigenvalue weighted by molar-refractivity contribution is -0.110. The minimum absolute atomic E-state index is 0.120. The molecule has 1 aliphatic heterocycles. The number of para-hydroxylation sites is 1. The van der Waals surface area contributed by atoms with E-state index in [1.54, 1.807) is 12.1 Å². The summed E-state index contributed by atoms with van der Waals surface area (Å²) in [6, 6.07) is 12.5. The number of aromatic amines is 1. The van der Waals surface area contributed by atoms with Gasteiger partial charge in [-0.15, -0.1) is 0 Å². The van der Waals surface area contributed by atoms with Gasteiger partial charge in [-0.05, 0) is 49.9 Å². The molecule has 7 heteroatoms. The van der Waals surface area contributed by atoms with Crippen LogP contribution in [0.3, 0.4) is 0 Å². The van der Waals surface area contributed by atoms with Gasteiger partial charge in [-0.3, -0.25) is 4.79 Å². The minimum Gasteiger partial charge on any atom is -0.355 e. The zero-order valence-electron chi connectivity index (χ0n) is 14.3. The molecule has 1 amide bonds. The third kappa shape index (κ3) is 2.53. The molecule has 26 heavy (non-hydrogen) atoms. The number of fused-ring (bicyclic) bond motifs is 2. The Hall–Kier alpha value is -2.90. The lowest BCUT2D eigenvalue weighted by Crippen LogP contribution is -2.18. The zero-order chi connectivity index (χ0) is 18.5. The van der Waals surface area contributed by atoms with Gasteiger partial charge in [0.15, 0.2) is 0 Å². The monoisotopic (exact) mass is 367 g/mol. The quantitative estimate of drug-likeness (QED) is 0.622. The first-order valence-corrected chi connectivity index (χ1v) is 9.57. The van der Waals surface area contributed by atoms with Gasteiger partial charge in [0.25, 0.3) is 5.91 Å². The van der Waals surface area contributed by atoms with Crippen LogP contribution in [-0.4, -0.2) is 26.4 Å². The standard InChI is InChI=1S/C19H17N3O3S/c1-11-13-5-3-4-6-16(13)21-18(11)10-15-14-9-12(26(24,25)20-2)7-8-17(14)22-19(15)23/h3-10,20-21H,1-2H3,(H,22,23)/b15-10-. The van der Waals surface area contributed by atoms with Crippen molar-refractivity contribution in [3.8, 4) is 0 Å². The predicted octanol–water partition coefficient (Wildman–Crippen LogP) is 2.88. The molecule has 132 valence electrons. The Labute approximate surface area is 151 Å². The zero-order valence-corrected chi connectivity index (χ0v) is 15.1. The second kappa shape index (κ2) is 5.82. The van der Waals surface area contributed by atoms with Gasteiger partial charge in [0.2, 0.25) is 10.0 Å². The summed E-state index contributed by atoms with van der Waals surface area (Å²) in [7, 11) is -2.23. The number of rotatable bonds is 3. The van der Waals surface area contributed by atoms with Crippen LogP contribution in [0, 0.1) is 6.92 Å². The first kappa shape index (κ1) is 16.6. The lowest BCUT2D eigenvalue weighted by atomic mass is 10.0. The third-order valence-corrected chi connectivity index (χ3v) is 6.06. The van der Waals surface area contributed by atoms with Crippen LogP contribution < -0.4 is 10.0 Å². The number of anilines is 1. The van der Waals surface area contributed by atoms with Crippen LogP contribution >= 0.6 is 0 Å². The average molecular weight is 367 g/mol. The van der Waals surface area contributed by atoms with Gasteiger partial charge < -0.3 is 10.3 Å². The molecule has 0 bridgehead atoms. The number of H-pyrrole nitrogens is 1. The third-order valence-electron chi connectivity index (χ3n) is 4.65. The fourth-order valence-corrected chi connectivity index (χ4v) is 3.94. The maximum atomic E-state index is 12.4. The number of aromatic nitrogens is 1. The van der Waals surface area contributed by atoms with Crippen molar-refractivity contribution in [3.05, 3.63) is 59.3 Å². The topological polar surface area (TPSA) is 91.1 Å². The van der Waals surface area contributed by atoms with E-state index in [4.69, 9.17) is 0 Å². The summed E-state index contributed by atoms with van der Waals surface area (Å²) in [4.78, 5) is 15.9. The molecule has 1 aromatic heterocycles. The van der Waals surface area contributed by atoms with E-state index >= 15 is 0 Å². The van der Waals surface area contributed by atoms with Crippen molar-refractivity contribution in [2.45, 2.75) is 11.8 Å². The first-order chi connectivity index (χ1) is 12.4. The highest BCUT2D eigenvalue weighted by atomic mass is 32.2. The Morgan fingerprint density at radius 3 is 2.62 bits per heavy atom. The smallest absolute Gasteiger partial charge is 0.256 e. The van der Waals surface area contributed by atoms with E-state index in [2.05, 4.69) is 15.0 Å². The molecule has 0 unspecified atom stereocenters. The Bertz CT molecular complexity index is 1190. The molecule has 0 atom stereocenters. The maximum Gasteiger partial charge on any atom is 0.256 e. The van der Waals surface area contributed by atoms with Crippen LogP contribution in [0.15, 0.2) is 47.4 Å². The van der Waals surface area contributed by atoms with Crippen molar-refractivity contribution in [3.63, 3.8) is 0 Å². The highest BCUT2D eigenvalue weighted by Gasteiger charge is 2.26. The van der Waals surface area contributed by atoms with E-state index in [1.807, 2.05) is 31.2 Å².